The molecule has 4 nitrogen and oxygen atoms in total. The number of unbranched alkanes of at least 4 members (excludes halogenated alkanes) is 1. The fraction of sp³-hybridized carbons (Fsp3) is 0.875. The van der Waals surface area contributed by atoms with Crippen LogP contribution in [-0.4, -0.2) is 27.9 Å². The first-order valence-corrected chi connectivity index (χ1v) is 9.40. The molecule has 2 atom stereocenters. The van der Waals surface area contributed by atoms with Crippen LogP contribution in [0.5, 0.6) is 0 Å². The van der Waals surface area contributed by atoms with E-state index in [1.54, 1.807) is 0 Å². The third-order valence-corrected chi connectivity index (χ3v) is 4.51. The molecule has 0 aliphatic carbocycles. The van der Waals surface area contributed by atoms with Gasteiger partial charge in [0.2, 0.25) is 0 Å². The van der Waals surface area contributed by atoms with Gasteiger partial charge in [0, 0.05) is 19.0 Å². The van der Waals surface area contributed by atoms with E-state index in [1.807, 2.05) is 10.9 Å². The lowest BCUT2D eigenvalue weighted by Crippen LogP contribution is -2.18. The third kappa shape index (κ3) is 7.32. The predicted molar refractivity (Wildman–Crippen MR) is 90.3 cm³/mol. The second-order valence-corrected chi connectivity index (χ2v) is 6.38. The van der Waals surface area contributed by atoms with Crippen LogP contribution in [0.3, 0.4) is 0 Å². The minimum absolute atomic E-state index is 0.703. The van der Waals surface area contributed by atoms with Crippen molar-refractivity contribution in [2.75, 3.05) is 12.9 Å². The Hall–Kier alpha value is -0.550. The highest BCUT2D eigenvalue weighted by atomic mass is 32.2. The Morgan fingerprint density at radius 1 is 1.33 bits per heavy atom. The Morgan fingerprint density at radius 3 is 2.81 bits per heavy atom. The fourth-order valence-corrected chi connectivity index (χ4v) is 3.02. The summed E-state index contributed by atoms with van der Waals surface area (Å²) in [6.45, 7) is 8.72. The second kappa shape index (κ2) is 11.1. The van der Waals surface area contributed by atoms with E-state index in [-0.39, 0.29) is 0 Å². The lowest BCUT2D eigenvalue weighted by Gasteiger charge is -2.21. The molecule has 0 aromatic carbocycles. The van der Waals surface area contributed by atoms with Gasteiger partial charge in [0.05, 0.1) is 12.3 Å². The van der Waals surface area contributed by atoms with Crippen LogP contribution in [0, 0.1) is 11.8 Å². The first-order chi connectivity index (χ1) is 10.2. The van der Waals surface area contributed by atoms with Crippen molar-refractivity contribution in [2.24, 2.45) is 11.8 Å². The van der Waals surface area contributed by atoms with Gasteiger partial charge in [-0.25, -0.2) is 0 Å². The van der Waals surface area contributed by atoms with Crippen molar-refractivity contribution in [1.29, 1.82) is 0 Å². The summed E-state index contributed by atoms with van der Waals surface area (Å²) in [6.07, 6.45) is 11.0. The van der Waals surface area contributed by atoms with Gasteiger partial charge in [0.15, 0.2) is 0 Å². The molecule has 0 saturated heterocycles. The van der Waals surface area contributed by atoms with Crippen molar-refractivity contribution in [2.45, 2.75) is 65.8 Å². The average molecular weight is 314 g/mol. The van der Waals surface area contributed by atoms with E-state index in [1.165, 1.54) is 31.3 Å². The maximum atomic E-state index is 5.27. The van der Waals surface area contributed by atoms with E-state index in [0.29, 0.717) is 5.92 Å². The Kier molecular flexibility index (Phi) is 9.76. The van der Waals surface area contributed by atoms with E-state index in [2.05, 4.69) is 37.3 Å². The standard InChI is InChI=1S/C16H31N3OS/c1-5-9-14(3)15(6-2)12-19-13-16(17-18-19)10-7-8-11-20-21-4/h13-15H,5-12H2,1-4H3. The highest BCUT2D eigenvalue weighted by molar-refractivity contribution is 7.93. The third-order valence-electron chi connectivity index (χ3n) is 4.11. The molecule has 0 radical (unpaired) electrons. The minimum atomic E-state index is 0.703. The highest BCUT2D eigenvalue weighted by Gasteiger charge is 2.16. The van der Waals surface area contributed by atoms with Gasteiger partial charge >= 0.3 is 0 Å². The number of nitrogens with zero attached hydrogens (tertiary/aromatic N) is 3. The fourth-order valence-electron chi connectivity index (χ4n) is 2.74. The SMILES string of the molecule is CCCC(C)C(CC)Cn1cc(CCCCOSC)nn1. The van der Waals surface area contributed by atoms with Gasteiger partial charge < -0.3 is 4.18 Å². The Bertz CT molecular complexity index is 370. The maximum Gasteiger partial charge on any atom is 0.0827 e. The molecule has 0 aliphatic rings. The molecule has 0 spiro atoms. The van der Waals surface area contributed by atoms with Crippen LogP contribution in [0.15, 0.2) is 6.20 Å². The van der Waals surface area contributed by atoms with Gasteiger partial charge in [0.25, 0.3) is 0 Å². The summed E-state index contributed by atoms with van der Waals surface area (Å²) >= 11 is 1.44. The summed E-state index contributed by atoms with van der Waals surface area (Å²) < 4.78 is 7.30. The zero-order chi connectivity index (χ0) is 15.5. The molecule has 21 heavy (non-hydrogen) atoms. The number of hydrogen-bond donors (Lipinski definition) is 0. The number of rotatable bonds is 12. The molecule has 1 rings (SSSR count). The molecule has 0 fully saturated rings. The van der Waals surface area contributed by atoms with Crippen LogP contribution in [0.25, 0.3) is 0 Å². The predicted octanol–water partition coefficient (Wildman–Crippen LogP) is 4.36. The molecule has 122 valence electrons. The highest BCUT2D eigenvalue weighted by Crippen LogP contribution is 2.22. The number of hydrogen-bond acceptors (Lipinski definition) is 4. The number of aryl methyl sites for hydroxylation is 1. The summed E-state index contributed by atoms with van der Waals surface area (Å²) in [4.78, 5) is 0. The van der Waals surface area contributed by atoms with E-state index in [9.17, 15) is 0 Å². The Balaban J connectivity index is 2.36. The molecule has 0 N–H and O–H groups in total. The van der Waals surface area contributed by atoms with Gasteiger partial charge in [-0.05, 0) is 43.1 Å². The number of aromatic nitrogens is 3. The van der Waals surface area contributed by atoms with Crippen LogP contribution >= 0.6 is 12.0 Å². The van der Waals surface area contributed by atoms with E-state index < -0.39 is 0 Å². The normalized spacial score (nSPS) is 14.3. The van der Waals surface area contributed by atoms with Gasteiger partial charge in [-0.3, -0.25) is 4.68 Å². The van der Waals surface area contributed by atoms with E-state index in [4.69, 9.17) is 4.18 Å². The monoisotopic (exact) mass is 313 g/mol. The summed E-state index contributed by atoms with van der Waals surface area (Å²) in [6, 6.07) is 0. The van der Waals surface area contributed by atoms with Crippen LogP contribution in [0.4, 0.5) is 0 Å². The average Bonchev–Trinajstić information content (AvgIpc) is 2.92. The molecular formula is C16H31N3OS. The smallest absolute Gasteiger partial charge is 0.0827 e. The van der Waals surface area contributed by atoms with Crippen molar-refractivity contribution in [3.8, 4) is 0 Å². The first kappa shape index (κ1) is 18.5. The minimum Gasteiger partial charge on any atom is -0.316 e. The molecule has 1 aromatic heterocycles. The summed E-state index contributed by atoms with van der Waals surface area (Å²) in [5.74, 6) is 1.46. The van der Waals surface area contributed by atoms with E-state index >= 15 is 0 Å². The first-order valence-electron chi connectivity index (χ1n) is 8.25. The van der Waals surface area contributed by atoms with Crippen LogP contribution in [0.1, 0.15) is 58.6 Å². The van der Waals surface area contributed by atoms with Crippen molar-refractivity contribution >= 4 is 12.0 Å². The molecule has 1 heterocycles. The zero-order valence-corrected chi connectivity index (χ0v) is 14.9. The molecule has 1 aromatic rings. The lowest BCUT2D eigenvalue weighted by atomic mass is 9.88. The quantitative estimate of drug-likeness (QED) is 0.425. The van der Waals surface area contributed by atoms with Gasteiger partial charge in [-0.2, -0.15) is 0 Å². The van der Waals surface area contributed by atoms with Gasteiger partial charge in [0.1, 0.15) is 0 Å². The summed E-state index contributed by atoms with van der Waals surface area (Å²) in [5.41, 5.74) is 1.11. The van der Waals surface area contributed by atoms with Crippen LogP contribution < -0.4 is 0 Å². The molecule has 0 amide bonds. The Morgan fingerprint density at radius 2 is 2.14 bits per heavy atom. The second-order valence-electron chi connectivity index (χ2n) is 5.81. The topological polar surface area (TPSA) is 39.9 Å². The molecule has 0 bridgehead atoms. The molecule has 0 aliphatic heterocycles. The van der Waals surface area contributed by atoms with E-state index in [0.717, 1.165) is 44.0 Å². The summed E-state index contributed by atoms with van der Waals surface area (Å²) in [5, 5.41) is 8.59. The van der Waals surface area contributed by atoms with Crippen molar-refractivity contribution in [3.63, 3.8) is 0 Å². The molecular weight excluding hydrogens is 282 g/mol. The van der Waals surface area contributed by atoms with Crippen molar-refractivity contribution < 1.29 is 4.18 Å². The maximum absolute atomic E-state index is 5.27. The van der Waals surface area contributed by atoms with Crippen LogP contribution in [-0.2, 0) is 17.1 Å². The molecule has 5 heteroatoms. The van der Waals surface area contributed by atoms with Gasteiger partial charge in [-0.15, -0.1) is 5.10 Å². The van der Waals surface area contributed by atoms with Crippen molar-refractivity contribution in [1.82, 2.24) is 15.0 Å². The van der Waals surface area contributed by atoms with Crippen molar-refractivity contribution in [3.05, 3.63) is 11.9 Å². The Labute approximate surface area is 134 Å². The van der Waals surface area contributed by atoms with Crippen LogP contribution in [0.2, 0.25) is 0 Å². The van der Waals surface area contributed by atoms with Gasteiger partial charge in [-0.1, -0.05) is 45.2 Å². The lowest BCUT2D eigenvalue weighted by molar-refractivity contribution is 0.276. The molecule has 0 saturated carbocycles. The summed E-state index contributed by atoms with van der Waals surface area (Å²) in [7, 11) is 0. The zero-order valence-electron chi connectivity index (χ0n) is 14.0. The molecule has 2 unspecified atom stereocenters. The largest absolute Gasteiger partial charge is 0.316 e.